The number of nitrogens with zero attached hydrogens (tertiary/aromatic N) is 3. The molecule has 9 aromatic rings. The summed E-state index contributed by atoms with van der Waals surface area (Å²) < 4.78 is 0. The second-order valence-corrected chi connectivity index (χ2v) is 11.7. The average Bonchev–Trinajstić information content (AvgIpc) is 3.14. The van der Waals surface area contributed by atoms with Gasteiger partial charge < -0.3 is 0 Å². The van der Waals surface area contributed by atoms with Crippen LogP contribution in [0.2, 0.25) is 0 Å². The minimum Gasteiger partial charge on any atom is -0.255 e. The van der Waals surface area contributed by atoms with Gasteiger partial charge in [0, 0.05) is 12.4 Å². The summed E-state index contributed by atoms with van der Waals surface area (Å²) in [6.07, 6.45) is 3.61. The van der Waals surface area contributed by atoms with E-state index < -0.39 is 0 Å². The SMILES string of the molecule is c1ccc(-c2cc(-c3cccc(-c4ccc(-c5ccc6ccc7cccc8ccc5c6c78)cc4)c3)cc(-c3ccccn3)n2)nc1. The molecule has 0 unspecified atom stereocenters. The molecule has 6 aromatic carbocycles. The summed E-state index contributed by atoms with van der Waals surface area (Å²) in [7, 11) is 0. The van der Waals surface area contributed by atoms with Gasteiger partial charge in [-0.2, -0.15) is 0 Å². The molecule has 0 N–H and O–H groups in total. The molecule has 0 saturated carbocycles. The minimum absolute atomic E-state index is 0.821. The highest BCUT2D eigenvalue weighted by atomic mass is 14.8. The van der Waals surface area contributed by atoms with E-state index in [1.807, 2.05) is 36.4 Å². The van der Waals surface area contributed by atoms with Crippen LogP contribution < -0.4 is 0 Å². The number of benzene rings is 6. The van der Waals surface area contributed by atoms with Gasteiger partial charge in [-0.3, -0.25) is 9.97 Å². The van der Waals surface area contributed by atoms with E-state index in [2.05, 4.69) is 125 Å². The van der Waals surface area contributed by atoms with Gasteiger partial charge in [-0.15, -0.1) is 0 Å². The molecule has 0 spiro atoms. The fourth-order valence-electron chi connectivity index (χ4n) is 6.70. The predicted octanol–water partition coefficient (Wildman–Crippen LogP) is 11.1. The van der Waals surface area contributed by atoms with Crippen molar-refractivity contribution in [3.63, 3.8) is 0 Å². The fraction of sp³-hybridized carbons (Fsp3) is 0. The Hall–Kier alpha value is -6.19. The standard InChI is InChI=1S/C43H27N3/c1-3-23-44-38(11-1)40-26-35(27-41(46-40)39-12-2-4-24-45-39)34-10-6-9-33(25-34)28-13-15-29(16-14-28)36-21-19-32-18-17-30-7-5-8-31-20-22-37(36)43(32)42(30)31/h1-27H. The van der Waals surface area contributed by atoms with Crippen LogP contribution in [0.4, 0.5) is 0 Å². The molecule has 0 atom stereocenters. The van der Waals surface area contributed by atoms with E-state index in [0.717, 1.165) is 39.5 Å². The Morgan fingerprint density at radius 2 is 0.891 bits per heavy atom. The van der Waals surface area contributed by atoms with E-state index in [1.54, 1.807) is 12.4 Å². The molecule has 3 heterocycles. The van der Waals surface area contributed by atoms with Crippen LogP contribution in [0.5, 0.6) is 0 Å². The number of rotatable bonds is 5. The highest BCUT2D eigenvalue weighted by Gasteiger charge is 2.13. The molecule has 0 aliphatic carbocycles. The second-order valence-electron chi connectivity index (χ2n) is 11.7. The Bertz CT molecular complexity index is 2430. The van der Waals surface area contributed by atoms with Gasteiger partial charge in [0.15, 0.2) is 0 Å². The second kappa shape index (κ2) is 10.8. The van der Waals surface area contributed by atoms with Crippen molar-refractivity contribution in [1.82, 2.24) is 15.0 Å². The van der Waals surface area contributed by atoms with Crippen molar-refractivity contribution in [1.29, 1.82) is 0 Å². The van der Waals surface area contributed by atoms with Crippen LogP contribution in [0.25, 0.3) is 88.5 Å². The van der Waals surface area contributed by atoms with Crippen molar-refractivity contribution in [2.45, 2.75) is 0 Å². The van der Waals surface area contributed by atoms with Gasteiger partial charge in [0.25, 0.3) is 0 Å². The zero-order chi connectivity index (χ0) is 30.5. The topological polar surface area (TPSA) is 38.7 Å². The maximum Gasteiger partial charge on any atom is 0.0900 e. The smallest absolute Gasteiger partial charge is 0.0900 e. The third-order valence-electron chi connectivity index (χ3n) is 8.93. The summed E-state index contributed by atoms with van der Waals surface area (Å²) >= 11 is 0. The van der Waals surface area contributed by atoms with E-state index in [-0.39, 0.29) is 0 Å². The van der Waals surface area contributed by atoms with Crippen molar-refractivity contribution >= 4 is 32.3 Å². The molecule has 0 radical (unpaired) electrons. The molecule has 9 rings (SSSR count). The zero-order valence-corrected chi connectivity index (χ0v) is 24.9. The Morgan fingerprint density at radius 1 is 0.326 bits per heavy atom. The molecule has 0 aliphatic heterocycles. The van der Waals surface area contributed by atoms with Gasteiger partial charge in [-0.25, -0.2) is 4.98 Å². The van der Waals surface area contributed by atoms with Gasteiger partial charge in [0.2, 0.25) is 0 Å². The molecule has 0 amide bonds. The third kappa shape index (κ3) is 4.49. The number of pyridine rings is 3. The molecule has 46 heavy (non-hydrogen) atoms. The maximum atomic E-state index is 4.94. The van der Waals surface area contributed by atoms with Gasteiger partial charge in [0.05, 0.1) is 22.8 Å². The van der Waals surface area contributed by atoms with Crippen LogP contribution >= 0.6 is 0 Å². The van der Waals surface area contributed by atoms with Crippen molar-refractivity contribution < 1.29 is 0 Å². The lowest BCUT2D eigenvalue weighted by atomic mass is 9.89. The van der Waals surface area contributed by atoms with Gasteiger partial charge in [0.1, 0.15) is 0 Å². The Labute approximate surface area is 266 Å². The molecule has 0 fully saturated rings. The van der Waals surface area contributed by atoms with E-state index >= 15 is 0 Å². The lowest BCUT2D eigenvalue weighted by Gasteiger charge is -2.14. The molecule has 3 nitrogen and oxygen atoms in total. The summed E-state index contributed by atoms with van der Waals surface area (Å²) in [5.74, 6) is 0. The quantitative estimate of drug-likeness (QED) is 0.189. The van der Waals surface area contributed by atoms with Crippen molar-refractivity contribution in [3.8, 4) is 56.2 Å². The first kappa shape index (κ1) is 26.2. The largest absolute Gasteiger partial charge is 0.255 e. The molecule has 0 bridgehead atoms. The summed E-state index contributed by atoms with van der Waals surface area (Å²) in [6.45, 7) is 0. The number of hydrogen-bond acceptors (Lipinski definition) is 3. The highest BCUT2D eigenvalue weighted by molar-refractivity contribution is 6.25. The van der Waals surface area contributed by atoms with E-state index in [4.69, 9.17) is 4.98 Å². The Balaban J connectivity index is 1.11. The molecule has 214 valence electrons. The summed E-state index contributed by atoms with van der Waals surface area (Å²) in [5, 5.41) is 7.85. The van der Waals surface area contributed by atoms with Gasteiger partial charge in [-0.1, -0.05) is 109 Å². The Kier molecular flexibility index (Phi) is 6.14. The summed E-state index contributed by atoms with van der Waals surface area (Å²) in [6, 6.07) is 53.8. The van der Waals surface area contributed by atoms with Crippen LogP contribution in [0.15, 0.2) is 164 Å². The molecule has 0 saturated heterocycles. The van der Waals surface area contributed by atoms with Crippen LogP contribution in [0, 0.1) is 0 Å². The van der Waals surface area contributed by atoms with Gasteiger partial charge in [-0.05, 0) is 108 Å². The lowest BCUT2D eigenvalue weighted by molar-refractivity contribution is 1.22. The molecule has 3 aromatic heterocycles. The number of aromatic nitrogens is 3. The molecule has 0 aliphatic rings. The van der Waals surface area contributed by atoms with Gasteiger partial charge >= 0.3 is 0 Å². The van der Waals surface area contributed by atoms with E-state index in [9.17, 15) is 0 Å². The van der Waals surface area contributed by atoms with E-state index in [0.29, 0.717) is 0 Å². The first-order valence-corrected chi connectivity index (χ1v) is 15.5. The van der Waals surface area contributed by atoms with Crippen molar-refractivity contribution in [2.24, 2.45) is 0 Å². The maximum absolute atomic E-state index is 4.94. The third-order valence-corrected chi connectivity index (χ3v) is 8.93. The number of hydrogen-bond donors (Lipinski definition) is 0. The van der Waals surface area contributed by atoms with Crippen molar-refractivity contribution in [3.05, 3.63) is 164 Å². The average molecular weight is 586 g/mol. The van der Waals surface area contributed by atoms with Crippen LogP contribution in [-0.2, 0) is 0 Å². The normalized spacial score (nSPS) is 11.5. The predicted molar refractivity (Wildman–Crippen MR) is 191 cm³/mol. The van der Waals surface area contributed by atoms with E-state index in [1.165, 1.54) is 49.0 Å². The van der Waals surface area contributed by atoms with Crippen LogP contribution in [-0.4, -0.2) is 15.0 Å². The van der Waals surface area contributed by atoms with Crippen LogP contribution in [0.1, 0.15) is 0 Å². The monoisotopic (exact) mass is 585 g/mol. The fourth-order valence-corrected chi connectivity index (χ4v) is 6.70. The summed E-state index contributed by atoms with van der Waals surface area (Å²) in [5.41, 5.74) is 10.3. The first-order chi connectivity index (χ1) is 22.8. The Morgan fingerprint density at radius 3 is 1.54 bits per heavy atom. The molecular weight excluding hydrogens is 558 g/mol. The molecule has 3 heteroatoms. The summed E-state index contributed by atoms with van der Waals surface area (Å²) in [4.78, 5) is 14.1. The van der Waals surface area contributed by atoms with Crippen molar-refractivity contribution in [2.75, 3.05) is 0 Å². The highest BCUT2D eigenvalue weighted by Crippen LogP contribution is 2.40. The lowest BCUT2D eigenvalue weighted by Crippen LogP contribution is -1.94. The van der Waals surface area contributed by atoms with Crippen LogP contribution in [0.3, 0.4) is 0 Å². The minimum atomic E-state index is 0.821. The first-order valence-electron chi connectivity index (χ1n) is 15.5. The zero-order valence-electron chi connectivity index (χ0n) is 24.9. The molecular formula is C43H27N3.